The number of hydrogen-bond acceptors (Lipinski definition) is 1. The van der Waals surface area contributed by atoms with Crippen molar-refractivity contribution in [3.8, 4) is 29.2 Å². The number of benzene rings is 7. The summed E-state index contributed by atoms with van der Waals surface area (Å²) >= 11 is 0. The van der Waals surface area contributed by atoms with Crippen molar-refractivity contribution in [3.63, 3.8) is 0 Å². The number of allylic oxidation sites excluding steroid dienone is 10. The predicted octanol–water partition coefficient (Wildman–Crippen LogP) is 14.2. The molecular formula is C54H36N2. The van der Waals surface area contributed by atoms with E-state index in [0.29, 0.717) is 0 Å². The zero-order valence-electron chi connectivity index (χ0n) is 31.0. The molecule has 0 saturated carbocycles. The van der Waals surface area contributed by atoms with Crippen LogP contribution in [0.1, 0.15) is 30.0 Å². The van der Waals surface area contributed by atoms with Crippen molar-refractivity contribution in [2.45, 2.75) is 13.3 Å². The number of fused-ring (bicyclic) bond motifs is 7. The molecule has 0 radical (unpaired) electrons. The van der Waals surface area contributed by atoms with Crippen molar-refractivity contribution in [2.24, 2.45) is 0 Å². The molecule has 1 aromatic heterocycles. The van der Waals surface area contributed by atoms with Crippen LogP contribution in [0.3, 0.4) is 0 Å². The summed E-state index contributed by atoms with van der Waals surface area (Å²) in [4.78, 5) is 2.44. The maximum Gasteiger partial charge on any atom is 0.0542 e. The quantitative estimate of drug-likeness (QED) is 0.165. The second-order valence-corrected chi connectivity index (χ2v) is 14.8. The molecule has 1 heterocycles. The molecule has 0 aliphatic heterocycles. The molecule has 2 heteroatoms. The highest BCUT2D eigenvalue weighted by molar-refractivity contribution is 6.14. The molecule has 11 rings (SSSR count). The largest absolute Gasteiger partial charge is 0.310 e. The predicted molar refractivity (Wildman–Crippen MR) is 238 cm³/mol. The highest BCUT2D eigenvalue weighted by atomic mass is 15.1. The van der Waals surface area contributed by atoms with E-state index in [1.165, 1.54) is 77.1 Å². The van der Waals surface area contributed by atoms with Crippen molar-refractivity contribution in [2.75, 3.05) is 4.90 Å². The van der Waals surface area contributed by atoms with Gasteiger partial charge in [0.25, 0.3) is 0 Å². The van der Waals surface area contributed by atoms with Gasteiger partial charge < -0.3 is 9.47 Å². The molecule has 0 saturated heterocycles. The second kappa shape index (κ2) is 12.6. The van der Waals surface area contributed by atoms with Gasteiger partial charge >= 0.3 is 0 Å². The molecule has 4 bridgehead atoms. The minimum atomic E-state index is 0.897. The van der Waals surface area contributed by atoms with Gasteiger partial charge in [-0.05, 0) is 135 Å². The molecule has 262 valence electrons. The van der Waals surface area contributed by atoms with E-state index < -0.39 is 0 Å². The van der Waals surface area contributed by atoms with Crippen LogP contribution in [-0.2, 0) is 0 Å². The molecule has 2 nitrogen and oxygen atoms in total. The zero-order valence-corrected chi connectivity index (χ0v) is 31.0. The van der Waals surface area contributed by atoms with Gasteiger partial charge in [-0.15, -0.1) is 6.42 Å². The normalized spacial score (nSPS) is 14.9. The Bertz CT molecular complexity index is 3170. The van der Waals surface area contributed by atoms with E-state index in [-0.39, 0.29) is 0 Å². The Labute approximate surface area is 327 Å². The number of anilines is 3. The van der Waals surface area contributed by atoms with E-state index >= 15 is 0 Å². The third kappa shape index (κ3) is 4.71. The van der Waals surface area contributed by atoms with Crippen LogP contribution in [-0.4, -0.2) is 4.57 Å². The van der Waals surface area contributed by atoms with Gasteiger partial charge in [-0.2, -0.15) is 0 Å². The van der Waals surface area contributed by atoms with Crippen LogP contribution in [0, 0.1) is 12.3 Å². The Morgan fingerprint density at radius 2 is 1.29 bits per heavy atom. The Morgan fingerprint density at radius 3 is 2.16 bits per heavy atom. The Kier molecular flexibility index (Phi) is 7.24. The first-order chi connectivity index (χ1) is 27.7. The molecule has 7 aromatic carbocycles. The zero-order chi connectivity index (χ0) is 37.3. The van der Waals surface area contributed by atoms with Crippen molar-refractivity contribution < 1.29 is 0 Å². The summed E-state index contributed by atoms with van der Waals surface area (Å²) in [7, 11) is 0. The van der Waals surface area contributed by atoms with Gasteiger partial charge in [0.05, 0.1) is 16.7 Å². The fourth-order valence-electron chi connectivity index (χ4n) is 9.41. The lowest BCUT2D eigenvalue weighted by molar-refractivity contribution is 1.18. The van der Waals surface area contributed by atoms with Gasteiger partial charge in [0.1, 0.15) is 0 Å². The van der Waals surface area contributed by atoms with E-state index in [1.807, 2.05) is 6.08 Å². The maximum absolute atomic E-state index is 6.15. The molecule has 0 amide bonds. The van der Waals surface area contributed by atoms with Gasteiger partial charge in [0.2, 0.25) is 0 Å². The summed E-state index contributed by atoms with van der Waals surface area (Å²) < 4.78 is 2.38. The molecule has 56 heavy (non-hydrogen) atoms. The smallest absolute Gasteiger partial charge is 0.0542 e. The van der Waals surface area contributed by atoms with E-state index in [2.05, 4.69) is 198 Å². The van der Waals surface area contributed by atoms with Crippen molar-refractivity contribution >= 4 is 66.4 Å². The van der Waals surface area contributed by atoms with Gasteiger partial charge in [0.15, 0.2) is 0 Å². The third-order valence-electron chi connectivity index (χ3n) is 11.8. The van der Waals surface area contributed by atoms with Crippen molar-refractivity contribution in [1.29, 1.82) is 0 Å². The van der Waals surface area contributed by atoms with E-state index in [0.717, 1.165) is 40.3 Å². The maximum atomic E-state index is 6.15. The fraction of sp³-hybridized carbons (Fsp3) is 0.0370. The fourth-order valence-corrected chi connectivity index (χ4v) is 9.41. The number of terminal acetylenes is 1. The summed E-state index contributed by atoms with van der Waals surface area (Å²) in [6.07, 6.45) is 18.1. The van der Waals surface area contributed by atoms with Crippen molar-refractivity contribution in [1.82, 2.24) is 4.57 Å². The van der Waals surface area contributed by atoms with Gasteiger partial charge in [-0.1, -0.05) is 127 Å². The number of para-hydroxylation sites is 2. The third-order valence-corrected chi connectivity index (χ3v) is 11.8. The number of aromatic nitrogens is 1. The van der Waals surface area contributed by atoms with Gasteiger partial charge in [-0.25, -0.2) is 0 Å². The molecule has 3 aliphatic rings. The van der Waals surface area contributed by atoms with Crippen LogP contribution in [0.25, 0.3) is 66.1 Å². The number of hydrogen-bond donors (Lipinski definition) is 0. The van der Waals surface area contributed by atoms with Crippen LogP contribution in [0.4, 0.5) is 17.1 Å². The topological polar surface area (TPSA) is 8.17 Å². The summed E-state index contributed by atoms with van der Waals surface area (Å²) in [5.74, 6) is 2.93. The lowest BCUT2D eigenvalue weighted by atomic mass is 9.81. The van der Waals surface area contributed by atoms with Crippen LogP contribution >= 0.6 is 0 Å². The molecule has 0 atom stereocenters. The average molecular weight is 713 g/mol. The number of rotatable bonds is 4. The first kappa shape index (κ1) is 32.1. The molecule has 3 aliphatic carbocycles. The lowest BCUT2D eigenvalue weighted by Gasteiger charge is -2.29. The lowest BCUT2D eigenvalue weighted by Crippen LogP contribution is -2.11. The van der Waals surface area contributed by atoms with Gasteiger partial charge in [-0.3, -0.25) is 0 Å². The highest BCUT2D eigenvalue weighted by Crippen LogP contribution is 2.54. The van der Waals surface area contributed by atoms with Crippen LogP contribution < -0.4 is 4.90 Å². The molecule has 0 unspecified atom stereocenters. The molecular weight excluding hydrogens is 677 g/mol. The Morgan fingerprint density at radius 1 is 0.589 bits per heavy atom. The van der Waals surface area contributed by atoms with E-state index in [1.54, 1.807) is 0 Å². The van der Waals surface area contributed by atoms with Crippen molar-refractivity contribution in [3.05, 3.63) is 210 Å². The Balaban J connectivity index is 1.21. The minimum Gasteiger partial charge on any atom is -0.310 e. The molecule has 0 N–H and O–H groups in total. The number of nitrogens with zero attached hydrogens (tertiary/aromatic N) is 2. The standard InChI is InChI=1S/C54H36N2/c1-3-16-45-43-31-29-38(34-49(43)54-40-25-15-26-47(54)42-22-8-5-9-24-46(42)53(45)35(40)2)55(50-28-14-18-36-17-10-11-21-41(36)50)39-30-32-52-48(33-39)44-23-12-13-27-51(44)56(52)37-19-6-4-7-20-37/h1,4,6-34H,5H2,2H3/b45-16-. The average Bonchev–Trinajstić information content (AvgIpc) is 3.31. The summed E-state index contributed by atoms with van der Waals surface area (Å²) in [5, 5.41) is 4.82. The summed E-state index contributed by atoms with van der Waals surface area (Å²) in [5.41, 5.74) is 18.9. The molecule has 0 spiro atoms. The van der Waals surface area contributed by atoms with Crippen LogP contribution in [0.2, 0.25) is 0 Å². The van der Waals surface area contributed by atoms with Crippen LogP contribution in [0.5, 0.6) is 0 Å². The second-order valence-electron chi connectivity index (χ2n) is 14.8. The molecule has 8 aromatic rings. The monoisotopic (exact) mass is 712 g/mol. The minimum absolute atomic E-state index is 0.897. The van der Waals surface area contributed by atoms with Crippen LogP contribution in [0.15, 0.2) is 193 Å². The SMILES string of the molecule is C#C/C=C1\C2=C(C)c3cccc(c3-c3cc(N(c4ccc5c(c4)c4ccccc4n5-c4ccccc4)c4cccc5ccccc45)ccc31)C1=C2C=CCC=C1. The first-order valence-electron chi connectivity index (χ1n) is 19.3. The Hall–Kier alpha value is -7.34. The van der Waals surface area contributed by atoms with Gasteiger partial charge in [0, 0.05) is 33.2 Å². The first-order valence-corrected chi connectivity index (χ1v) is 19.3. The summed E-state index contributed by atoms with van der Waals surface area (Å²) in [6, 6.07) is 55.4. The van der Waals surface area contributed by atoms with E-state index in [4.69, 9.17) is 6.42 Å². The highest BCUT2D eigenvalue weighted by Gasteiger charge is 2.32. The molecule has 0 fully saturated rings. The summed E-state index contributed by atoms with van der Waals surface area (Å²) in [6.45, 7) is 2.26. The van der Waals surface area contributed by atoms with E-state index in [9.17, 15) is 0 Å².